The van der Waals surface area contributed by atoms with Crippen molar-refractivity contribution in [2.75, 3.05) is 24.6 Å². The summed E-state index contributed by atoms with van der Waals surface area (Å²) in [7, 11) is 0. The van der Waals surface area contributed by atoms with Crippen molar-refractivity contribution in [1.29, 1.82) is 5.26 Å². The van der Waals surface area contributed by atoms with Crippen LogP contribution in [-0.4, -0.2) is 37.5 Å². The number of benzene rings is 2. The van der Waals surface area contributed by atoms with Crippen LogP contribution in [-0.2, 0) is 9.53 Å². The number of amides is 2. The van der Waals surface area contributed by atoms with Crippen LogP contribution in [0.1, 0.15) is 40.1 Å². The predicted octanol–water partition coefficient (Wildman–Crippen LogP) is 2.02. The Morgan fingerprint density at radius 2 is 1.69 bits per heavy atom. The quantitative estimate of drug-likeness (QED) is 0.549. The van der Waals surface area contributed by atoms with Crippen molar-refractivity contribution in [2.24, 2.45) is 0 Å². The van der Waals surface area contributed by atoms with Crippen LogP contribution in [0, 0.1) is 11.3 Å². The summed E-state index contributed by atoms with van der Waals surface area (Å²) in [5.41, 5.74) is 6.32. The topological polar surface area (TPSA) is 112 Å². The van der Waals surface area contributed by atoms with Crippen LogP contribution in [0.15, 0.2) is 48.5 Å². The molecule has 2 N–H and O–H groups in total. The Labute approximate surface area is 169 Å². The molecule has 0 radical (unpaired) electrons. The Kier molecular flexibility index (Phi) is 7.74. The third kappa shape index (κ3) is 6.07. The van der Waals surface area contributed by atoms with Gasteiger partial charge in [0.1, 0.15) is 0 Å². The molecule has 2 aromatic carbocycles. The van der Waals surface area contributed by atoms with E-state index >= 15 is 0 Å². The van der Waals surface area contributed by atoms with E-state index < -0.39 is 24.4 Å². The summed E-state index contributed by atoms with van der Waals surface area (Å²) in [4.78, 5) is 38.0. The number of esters is 1. The van der Waals surface area contributed by atoms with Gasteiger partial charge in [0.05, 0.1) is 17.2 Å². The number of hydrogen-bond acceptors (Lipinski definition) is 6. The van der Waals surface area contributed by atoms with Gasteiger partial charge in [-0.1, -0.05) is 6.07 Å². The molecule has 0 unspecified atom stereocenters. The highest BCUT2D eigenvalue weighted by atomic mass is 16.5. The number of anilines is 1. The van der Waals surface area contributed by atoms with Gasteiger partial charge < -0.3 is 9.64 Å². The van der Waals surface area contributed by atoms with E-state index in [0.29, 0.717) is 11.1 Å². The first kappa shape index (κ1) is 21.4. The molecule has 0 saturated carbocycles. The fourth-order valence-corrected chi connectivity index (χ4v) is 2.58. The van der Waals surface area contributed by atoms with Crippen LogP contribution in [0.2, 0.25) is 0 Å². The minimum Gasteiger partial charge on any atom is -0.452 e. The summed E-state index contributed by atoms with van der Waals surface area (Å²) < 4.78 is 4.88. The first-order valence-corrected chi connectivity index (χ1v) is 9.10. The Morgan fingerprint density at radius 3 is 2.31 bits per heavy atom. The molecule has 0 aliphatic heterocycles. The van der Waals surface area contributed by atoms with Crippen molar-refractivity contribution in [3.05, 3.63) is 65.2 Å². The highest BCUT2D eigenvalue weighted by Crippen LogP contribution is 2.14. The number of rotatable bonds is 7. The van der Waals surface area contributed by atoms with E-state index in [1.165, 1.54) is 12.1 Å². The third-order valence-corrected chi connectivity index (χ3v) is 4.14. The zero-order valence-electron chi connectivity index (χ0n) is 16.3. The number of ether oxygens (including phenoxy) is 1. The van der Waals surface area contributed by atoms with Crippen molar-refractivity contribution in [3.63, 3.8) is 0 Å². The minimum absolute atomic E-state index is 0.161. The average Bonchev–Trinajstić information content (AvgIpc) is 2.77. The van der Waals surface area contributed by atoms with Gasteiger partial charge in [-0.3, -0.25) is 20.4 Å². The summed E-state index contributed by atoms with van der Waals surface area (Å²) >= 11 is 0. The fourth-order valence-electron chi connectivity index (χ4n) is 2.58. The van der Waals surface area contributed by atoms with Gasteiger partial charge in [0, 0.05) is 24.3 Å². The van der Waals surface area contributed by atoms with E-state index in [0.717, 1.165) is 18.8 Å². The maximum Gasteiger partial charge on any atom is 0.338 e. The second kappa shape index (κ2) is 10.5. The number of nitriles is 1. The molecule has 0 fully saturated rings. The number of nitrogens with one attached hydrogen (secondary N) is 2. The van der Waals surface area contributed by atoms with Crippen LogP contribution in [0.25, 0.3) is 0 Å². The summed E-state index contributed by atoms with van der Waals surface area (Å²) in [6.45, 7) is 5.24. The van der Waals surface area contributed by atoms with Crippen LogP contribution in [0.4, 0.5) is 5.69 Å². The molecule has 0 bridgehead atoms. The summed E-state index contributed by atoms with van der Waals surface area (Å²) in [5, 5.41) is 8.84. The monoisotopic (exact) mass is 394 g/mol. The lowest BCUT2D eigenvalue weighted by Gasteiger charge is -2.21. The predicted molar refractivity (Wildman–Crippen MR) is 107 cm³/mol. The van der Waals surface area contributed by atoms with Gasteiger partial charge in [0.2, 0.25) is 0 Å². The van der Waals surface area contributed by atoms with Gasteiger partial charge >= 0.3 is 5.97 Å². The van der Waals surface area contributed by atoms with Gasteiger partial charge in [-0.25, -0.2) is 4.79 Å². The van der Waals surface area contributed by atoms with Crippen molar-refractivity contribution >= 4 is 23.5 Å². The van der Waals surface area contributed by atoms with E-state index in [4.69, 9.17) is 10.00 Å². The van der Waals surface area contributed by atoms with E-state index in [9.17, 15) is 14.4 Å². The second-order valence-corrected chi connectivity index (χ2v) is 5.99. The van der Waals surface area contributed by atoms with Crippen molar-refractivity contribution in [2.45, 2.75) is 13.8 Å². The first-order valence-electron chi connectivity index (χ1n) is 9.10. The first-order chi connectivity index (χ1) is 14.0. The molecule has 29 heavy (non-hydrogen) atoms. The summed E-state index contributed by atoms with van der Waals surface area (Å²) in [6.07, 6.45) is 0. The summed E-state index contributed by atoms with van der Waals surface area (Å²) in [5.74, 6) is -1.92. The maximum absolute atomic E-state index is 12.1. The van der Waals surface area contributed by atoms with E-state index in [1.807, 2.05) is 32.0 Å². The number of hydrazine groups is 1. The highest BCUT2D eigenvalue weighted by Gasteiger charge is 2.12. The highest BCUT2D eigenvalue weighted by molar-refractivity contribution is 5.96. The lowest BCUT2D eigenvalue weighted by molar-refractivity contribution is -0.125. The largest absolute Gasteiger partial charge is 0.452 e. The molecule has 8 heteroatoms. The molecule has 8 nitrogen and oxygen atoms in total. The molecule has 0 spiro atoms. The lowest BCUT2D eigenvalue weighted by atomic mass is 10.1. The molecular weight excluding hydrogens is 372 g/mol. The number of carbonyl (C=O) groups is 3. The lowest BCUT2D eigenvalue weighted by Crippen LogP contribution is -2.43. The van der Waals surface area contributed by atoms with E-state index in [2.05, 4.69) is 15.8 Å². The zero-order chi connectivity index (χ0) is 21.2. The molecule has 0 atom stereocenters. The van der Waals surface area contributed by atoms with E-state index in [1.54, 1.807) is 24.3 Å². The molecule has 0 aromatic heterocycles. The second-order valence-electron chi connectivity index (χ2n) is 5.99. The Balaban J connectivity index is 1.81. The molecule has 0 aliphatic rings. The molecular formula is C21H22N4O4. The van der Waals surface area contributed by atoms with Crippen molar-refractivity contribution < 1.29 is 19.1 Å². The normalized spacial score (nSPS) is 9.83. The van der Waals surface area contributed by atoms with Crippen molar-refractivity contribution in [3.8, 4) is 6.07 Å². The van der Waals surface area contributed by atoms with Gasteiger partial charge in [0.25, 0.3) is 11.8 Å². The molecule has 0 saturated heterocycles. The van der Waals surface area contributed by atoms with Gasteiger partial charge in [-0.2, -0.15) is 5.26 Å². The maximum atomic E-state index is 12.1. The Morgan fingerprint density at radius 1 is 1.00 bits per heavy atom. The number of hydrogen-bond donors (Lipinski definition) is 2. The SMILES string of the molecule is CCN(CC)c1ccc(C(=O)NNC(=O)COC(=O)c2cccc(C#N)c2)cc1. The van der Waals surface area contributed by atoms with E-state index in [-0.39, 0.29) is 5.56 Å². The standard InChI is InChI=1S/C21H22N4O4/c1-3-25(4-2)18-10-8-16(9-11-18)20(27)24-23-19(26)14-29-21(28)17-7-5-6-15(12-17)13-22/h5-12H,3-4,14H2,1-2H3,(H,23,26)(H,24,27). The average molecular weight is 394 g/mol. The van der Waals surface area contributed by atoms with Crippen LogP contribution >= 0.6 is 0 Å². The molecule has 2 amide bonds. The fraction of sp³-hybridized carbons (Fsp3) is 0.238. The van der Waals surface area contributed by atoms with Crippen LogP contribution < -0.4 is 15.8 Å². The molecule has 2 aromatic rings. The zero-order valence-corrected chi connectivity index (χ0v) is 16.3. The summed E-state index contributed by atoms with van der Waals surface area (Å²) in [6, 6.07) is 14.8. The minimum atomic E-state index is -0.740. The third-order valence-electron chi connectivity index (χ3n) is 4.14. The molecule has 2 rings (SSSR count). The Hall–Kier alpha value is -3.86. The molecule has 0 heterocycles. The van der Waals surface area contributed by atoms with Gasteiger partial charge in [0.15, 0.2) is 6.61 Å². The Bertz CT molecular complexity index is 915. The van der Waals surface area contributed by atoms with Crippen LogP contribution in [0.5, 0.6) is 0 Å². The number of nitrogens with zero attached hydrogens (tertiary/aromatic N) is 2. The van der Waals surface area contributed by atoms with Crippen molar-refractivity contribution in [1.82, 2.24) is 10.9 Å². The smallest absolute Gasteiger partial charge is 0.338 e. The number of carbonyl (C=O) groups excluding carboxylic acids is 3. The van der Waals surface area contributed by atoms with Gasteiger partial charge in [-0.15, -0.1) is 0 Å². The molecule has 0 aliphatic carbocycles. The van der Waals surface area contributed by atoms with Gasteiger partial charge in [-0.05, 0) is 56.3 Å². The molecule has 150 valence electrons. The van der Waals surface area contributed by atoms with Crippen LogP contribution in [0.3, 0.4) is 0 Å².